The van der Waals surface area contributed by atoms with Gasteiger partial charge in [-0.3, -0.25) is 9.59 Å². The summed E-state index contributed by atoms with van der Waals surface area (Å²) in [6, 6.07) is 11.5. The van der Waals surface area contributed by atoms with Crippen molar-refractivity contribution in [3.63, 3.8) is 0 Å². The van der Waals surface area contributed by atoms with Crippen molar-refractivity contribution in [1.82, 2.24) is 9.80 Å². The predicted octanol–water partition coefficient (Wildman–Crippen LogP) is 3.94. The molecule has 1 fully saturated rings. The molecular formula is C26H30N2O4. The van der Waals surface area contributed by atoms with Gasteiger partial charge in [-0.2, -0.15) is 0 Å². The second-order valence-electron chi connectivity index (χ2n) is 8.90. The number of carbonyl (C=O) groups is 2. The number of benzene rings is 2. The molecule has 3 heterocycles. The maximum atomic E-state index is 14.1. The molecule has 6 heteroatoms. The minimum Gasteiger partial charge on any atom is -0.493 e. The molecule has 0 aliphatic carbocycles. The number of hydrogen-bond acceptors (Lipinski definition) is 4. The van der Waals surface area contributed by atoms with Gasteiger partial charge in [0.2, 0.25) is 5.91 Å². The number of nitrogens with zero attached hydrogens (tertiary/aromatic N) is 2. The van der Waals surface area contributed by atoms with Gasteiger partial charge in [0, 0.05) is 25.2 Å². The molecule has 5 rings (SSSR count). The van der Waals surface area contributed by atoms with Gasteiger partial charge < -0.3 is 19.3 Å². The number of methoxy groups -OCH3 is 2. The molecule has 2 aromatic carbocycles. The summed E-state index contributed by atoms with van der Waals surface area (Å²) >= 11 is 0. The van der Waals surface area contributed by atoms with E-state index in [1.807, 2.05) is 28.0 Å². The van der Waals surface area contributed by atoms with Crippen molar-refractivity contribution in [3.8, 4) is 11.5 Å². The molecule has 0 bridgehead atoms. The Kier molecular flexibility index (Phi) is 5.53. The first-order valence-electron chi connectivity index (χ1n) is 11.6. The van der Waals surface area contributed by atoms with Gasteiger partial charge in [0.05, 0.1) is 26.2 Å². The second kappa shape index (κ2) is 8.49. The van der Waals surface area contributed by atoms with Crippen molar-refractivity contribution in [2.45, 2.75) is 44.1 Å². The minimum absolute atomic E-state index is 0.0413. The third kappa shape index (κ3) is 3.33. The molecule has 0 aromatic heterocycles. The van der Waals surface area contributed by atoms with Crippen LogP contribution in [0.15, 0.2) is 36.4 Å². The highest BCUT2D eigenvalue weighted by Crippen LogP contribution is 2.49. The highest BCUT2D eigenvalue weighted by atomic mass is 16.5. The lowest BCUT2D eigenvalue weighted by Gasteiger charge is -2.46. The first-order chi connectivity index (χ1) is 15.6. The Morgan fingerprint density at radius 3 is 2.31 bits per heavy atom. The molecule has 0 radical (unpaired) electrons. The topological polar surface area (TPSA) is 59.1 Å². The smallest absolute Gasteiger partial charge is 0.254 e. The summed E-state index contributed by atoms with van der Waals surface area (Å²) in [5.74, 6) is 0.670. The largest absolute Gasteiger partial charge is 0.493 e. The molecule has 3 aliphatic rings. The van der Waals surface area contributed by atoms with E-state index in [1.54, 1.807) is 20.3 Å². The lowest BCUT2D eigenvalue weighted by atomic mass is 9.75. The van der Waals surface area contributed by atoms with Crippen LogP contribution < -0.4 is 9.47 Å². The Hall–Kier alpha value is -3.02. The number of hydrogen-bond donors (Lipinski definition) is 0. The van der Waals surface area contributed by atoms with E-state index in [0.717, 1.165) is 56.3 Å². The fourth-order valence-electron chi connectivity index (χ4n) is 5.60. The second-order valence-corrected chi connectivity index (χ2v) is 8.90. The van der Waals surface area contributed by atoms with Crippen LogP contribution in [0.25, 0.3) is 0 Å². The van der Waals surface area contributed by atoms with E-state index in [4.69, 9.17) is 9.47 Å². The van der Waals surface area contributed by atoms with Gasteiger partial charge in [-0.15, -0.1) is 0 Å². The van der Waals surface area contributed by atoms with Crippen LogP contribution in [0.1, 0.15) is 64.7 Å². The summed E-state index contributed by atoms with van der Waals surface area (Å²) in [5.41, 5.74) is 3.60. The van der Waals surface area contributed by atoms with E-state index in [2.05, 4.69) is 12.1 Å². The zero-order valence-corrected chi connectivity index (χ0v) is 18.8. The summed E-state index contributed by atoms with van der Waals surface area (Å²) in [6.07, 6.45) is 5.17. The Morgan fingerprint density at radius 1 is 0.906 bits per heavy atom. The predicted molar refractivity (Wildman–Crippen MR) is 121 cm³/mol. The fourth-order valence-corrected chi connectivity index (χ4v) is 5.60. The van der Waals surface area contributed by atoms with Gasteiger partial charge in [-0.25, -0.2) is 0 Å². The first-order valence-corrected chi connectivity index (χ1v) is 11.6. The molecule has 3 aliphatic heterocycles. The molecule has 32 heavy (non-hydrogen) atoms. The summed E-state index contributed by atoms with van der Waals surface area (Å²) < 4.78 is 11.0. The third-order valence-electron chi connectivity index (χ3n) is 7.21. The number of carbonyl (C=O) groups excluding carboxylic acids is 2. The summed E-state index contributed by atoms with van der Waals surface area (Å²) in [4.78, 5) is 31.7. The normalized spacial score (nSPS) is 22.4. The quantitative estimate of drug-likeness (QED) is 0.734. The molecule has 0 spiro atoms. The number of likely N-dealkylation sites (tertiary alicyclic amines) is 1. The molecule has 2 unspecified atom stereocenters. The standard InChI is InChI=1S/C26H30N2O4/c1-31-21-15-19-20(16-22(21)32-2)25(29)28-14-11-17-9-5-6-10-18(17)24(28)23(19)26(30)27-12-7-3-4-8-13-27/h5-6,9-10,15-16,23-24H,3-4,7-8,11-14H2,1-2H3. The number of rotatable bonds is 3. The van der Waals surface area contributed by atoms with Crippen molar-refractivity contribution in [2.24, 2.45) is 0 Å². The molecule has 0 saturated carbocycles. The monoisotopic (exact) mass is 434 g/mol. The SMILES string of the molecule is COc1cc2c(cc1OC)C(C(=O)N1CCCCCC1)C1c3ccccc3CCN1C2=O. The van der Waals surface area contributed by atoms with Crippen molar-refractivity contribution in [2.75, 3.05) is 33.9 Å². The Labute approximate surface area is 189 Å². The van der Waals surface area contributed by atoms with Crippen LogP contribution >= 0.6 is 0 Å². The van der Waals surface area contributed by atoms with Gasteiger partial charge in [0.25, 0.3) is 5.91 Å². The van der Waals surface area contributed by atoms with Gasteiger partial charge in [-0.1, -0.05) is 37.1 Å². The number of amides is 2. The molecule has 168 valence electrons. The van der Waals surface area contributed by atoms with Gasteiger partial charge in [0.1, 0.15) is 0 Å². The summed E-state index contributed by atoms with van der Waals surface area (Å²) in [7, 11) is 3.15. The van der Waals surface area contributed by atoms with Crippen LogP contribution in [0.2, 0.25) is 0 Å². The molecule has 1 saturated heterocycles. The van der Waals surface area contributed by atoms with Crippen molar-refractivity contribution in [3.05, 3.63) is 58.7 Å². The molecule has 2 atom stereocenters. The lowest BCUT2D eigenvalue weighted by Crippen LogP contribution is -2.51. The number of fused-ring (bicyclic) bond motifs is 4. The molecule has 6 nitrogen and oxygen atoms in total. The van der Waals surface area contributed by atoms with Gasteiger partial charge >= 0.3 is 0 Å². The average molecular weight is 435 g/mol. The highest BCUT2D eigenvalue weighted by molar-refractivity contribution is 6.02. The van der Waals surface area contributed by atoms with Crippen LogP contribution in [0, 0.1) is 0 Å². The average Bonchev–Trinajstić information content (AvgIpc) is 3.13. The van der Waals surface area contributed by atoms with Crippen LogP contribution in [0.4, 0.5) is 0 Å². The minimum atomic E-state index is -0.456. The van der Waals surface area contributed by atoms with Crippen LogP contribution in [-0.2, 0) is 11.2 Å². The van der Waals surface area contributed by atoms with Gasteiger partial charge in [0.15, 0.2) is 11.5 Å². The Morgan fingerprint density at radius 2 is 1.59 bits per heavy atom. The molecular weight excluding hydrogens is 404 g/mol. The zero-order chi connectivity index (χ0) is 22.2. The van der Waals surface area contributed by atoms with Crippen LogP contribution in [0.3, 0.4) is 0 Å². The Bertz CT molecular complexity index is 1040. The zero-order valence-electron chi connectivity index (χ0n) is 18.8. The van der Waals surface area contributed by atoms with Crippen LogP contribution in [0.5, 0.6) is 11.5 Å². The molecule has 0 N–H and O–H groups in total. The van der Waals surface area contributed by atoms with Crippen molar-refractivity contribution < 1.29 is 19.1 Å². The lowest BCUT2D eigenvalue weighted by molar-refractivity contribution is -0.134. The molecule has 2 amide bonds. The maximum Gasteiger partial charge on any atom is 0.254 e. The van der Waals surface area contributed by atoms with E-state index in [1.165, 1.54) is 5.56 Å². The van der Waals surface area contributed by atoms with E-state index < -0.39 is 5.92 Å². The number of ether oxygens (including phenoxy) is 2. The molecule has 2 aromatic rings. The van der Waals surface area contributed by atoms with E-state index in [9.17, 15) is 9.59 Å². The maximum absolute atomic E-state index is 14.1. The van der Waals surface area contributed by atoms with Gasteiger partial charge in [-0.05, 0) is 48.1 Å². The van der Waals surface area contributed by atoms with Crippen molar-refractivity contribution in [1.29, 1.82) is 0 Å². The first kappa shape index (κ1) is 20.9. The summed E-state index contributed by atoms with van der Waals surface area (Å²) in [5, 5.41) is 0. The fraction of sp³-hybridized carbons (Fsp3) is 0.462. The van der Waals surface area contributed by atoms with Crippen LogP contribution in [-0.4, -0.2) is 55.5 Å². The van der Waals surface area contributed by atoms with E-state index in [-0.39, 0.29) is 17.9 Å². The van der Waals surface area contributed by atoms with E-state index in [0.29, 0.717) is 23.6 Å². The van der Waals surface area contributed by atoms with E-state index >= 15 is 0 Å². The third-order valence-corrected chi connectivity index (χ3v) is 7.21. The Balaban J connectivity index is 1.69. The highest BCUT2D eigenvalue weighted by Gasteiger charge is 2.48. The van der Waals surface area contributed by atoms with Crippen molar-refractivity contribution >= 4 is 11.8 Å². The summed E-state index contributed by atoms with van der Waals surface area (Å²) in [6.45, 7) is 2.17.